The van der Waals surface area contributed by atoms with Gasteiger partial charge in [0.1, 0.15) is 0 Å². The lowest BCUT2D eigenvalue weighted by molar-refractivity contribution is 0.0697. The Balaban J connectivity index is 2.48. The van der Waals surface area contributed by atoms with Crippen LogP contribution in [-0.4, -0.2) is 17.7 Å². The molecule has 0 unspecified atom stereocenters. The molecule has 1 aromatic carbocycles. The lowest BCUT2D eigenvalue weighted by atomic mass is 10.2. The molecule has 2 aromatic rings. The monoisotopic (exact) mass is 250 g/mol. The van der Waals surface area contributed by atoms with E-state index >= 15 is 0 Å². The summed E-state index contributed by atoms with van der Waals surface area (Å²) < 4.78 is 6.59. The molecule has 2 rings (SSSR count). The first kappa shape index (κ1) is 11.9. The number of carboxylic acid groups (broad SMARTS) is 1. The fourth-order valence-corrected chi connectivity index (χ4v) is 2.54. The SMILES string of the molecule is CC(C)COc1c(C(=O)O)sc2ccccc12. The zero-order valence-electron chi connectivity index (χ0n) is 9.77. The summed E-state index contributed by atoms with van der Waals surface area (Å²) in [5.41, 5.74) is 0. The topological polar surface area (TPSA) is 46.5 Å². The van der Waals surface area contributed by atoms with Crippen molar-refractivity contribution in [1.29, 1.82) is 0 Å². The van der Waals surface area contributed by atoms with E-state index in [1.165, 1.54) is 11.3 Å². The predicted octanol–water partition coefficient (Wildman–Crippen LogP) is 3.63. The summed E-state index contributed by atoms with van der Waals surface area (Å²) in [5, 5.41) is 10.0. The molecule has 0 aliphatic heterocycles. The summed E-state index contributed by atoms with van der Waals surface area (Å²) in [7, 11) is 0. The van der Waals surface area contributed by atoms with Gasteiger partial charge in [-0.15, -0.1) is 11.3 Å². The second-order valence-corrected chi connectivity index (χ2v) is 5.32. The highest BCUT2D eigenvalue weighted by molar-refractivity contribution is 7.21. The molecular formula is C13H14O3S. The summed E-state index contributed by atoms with van der Waals surface area (Å²) in [5.74, 6) is -0.0490. The molecule has 90 valence electrons. The molecule has 3 nitrogen and oxygen atoms in total. The highest BCUT2D eigenvalue weighted by Gasteiger charge is 2.19. The van der Waals surface area contributed by atoms with Gasteiger partial charge in [-0.05, 0) is 18.1 Å². The minimum Gasteiger partial charge on any atom is -0.491 e. The molecule has 0 saturated carbocycles. The van der Waals surface area contributed by atoms with Crippen LogP contribution in [-0.2, 0) is 0 Å². The molecule has 0 bridgehead atoms. The average Bonchev–Trinajstić information content (AvgIpc) is 2.65. The van der Waals surface area contributed by atoms with Gasteiger partial charge in [-0.1, -0.05) is 26.0 Å². The molecule has 0 amide bonds. The first-order chi connectivity index (χ1) is 8.09. The fraction of sp³-hybridized carbons (Fsp3) is 0.308. The molecule has 4 heteroatoms. The summed E-state index contributed by atoms with van der Waals surface area (Å²) in [6.07, 6.45) is 0. The van der Waals surface area contributed by atoms with E-state index in [1.54, 1.807) is 0 Å². The fourth-order valence-electron chi connectivity index (χ4n) is 1.56. The van der Waals surface area contributed by atoms with Crippen LogP contribution in [0.2, 0.25) is 0 Å². The number of hydrogen-bond donors (Lipinski definition) is 1. The zero-order chi connectivity index (χ0) is 12.4. The van der Waals surface area contributed by atoms with Gasteiger partial charge in [0, 0.05) is 10.1 Å². The number of fused-ring (bicyclic) bond motifs is 1. The lowest BCUT2D eigenvalue weighted by Gasteiger charge is -2.08. The Kier molecular flexibility index (Phi) is 3.33. The van der Waals surface area contributed by atoms with E-state index in [4.69, 9.17) is 9.84 Å². The number of aromatic carboxylic acids is 1. The molecule has 1 heterocycles. The summed E-state index contributed by atoms with van der Waals surface area (Å²) in [6.45, 7) is 4.60. The maximum Gasteiger partial charge on any atom is 0.349 e. The van der Waals surface area contributed by atoms with E-state index in [1.807, 2.05) is 38.1 Å². The highest BCUT2D eigenvalue weighted by Crippen LogP contribution is 2.37. The summed E-state index contributed by atoms with van der Waals surface area (Å²) in [4.78, 5) is 11.5. The quantitative estimate of drug-likeness (QED) is 0.901. The van der Waals surface area contributed by atoms with Gasteiger partial charge in [-0.25, -0.2) is 4.79 Å². The molecule has 0 aliphatic carbocycles. The van der Waals surface area contributed by atoms with E-state index in [2.05, 4.69) is 0 Å². The number of thiophene rings is 1. The molecule has 0 aliphatic rings. The minimum atomic E-state index is -0.926. The van der Waals surface area contributed by atoms with Crippen molar-refractivity contribution in [2.24, 2.45) is 5.92 Å². The van der Waals surface area contributed by atoms with Gasteiger partial charge >= 0.3 is 5.97 Å². The van der Waals surface area contributed by atoms with Crippen LogP contribution in [0, 0.1) is 5.92 Å². The van der Waals surface area contributed by atoms with Gasteiger partial charge in [0.05, 0.1) is 6.61 Å². The van der Waals surface area contributed by atoms with E-state index in [0.29, 0.717) is 18.3 Å². The van der Waals surface area contributed by atoms with E-state index < -0.39 is 5.97 Å². The Hall–Kier alpha value is -1.55. The Morgan fingerprint density at radius 3 is 2.76 bits per heavy atom. The van der Waals surface area contributed by atoms with Gasteiger partial charge in [0.25, 0.3) is 0 Å². The van der Waals surface area contributed by atoms with Gasteiger partial charge in [-0.3, -0.25) is 0 Å². The molecule has 17 heavy (non-hydrogen) atoms. The summed E-state index contributed by atoms with van der Waals surface area (Å²) >= 11 is 1.26. The molecular weight excluding hydrogens is 236 g/mol. The van der Waals surface area contributed by atoms with Gasteiger partial charge in [0.2, 0.25) is 0 Å². The van der Waals surface area contributed by atoms with Crippen LogP contribution in [0.3, 0.4) is 0 Å². The number of hydrogen-bond acceptors (Lipinski definition) is 3. The highest BCUT2D eigenvalue weighted by atomic mass is 32.1. The maximum absolute atomic E-state index is 11.2. The van der Waals surface area contributed by atoms with Gasteiger partial charge in [0.15, 0.2) is 10.6 Å². The number of carboxylic acids is 1. The molecule has 1 aromatic heterocycles. The second kappa shape index (κ2) is 4.75. The molecule has 0 saturated heterocycles. The minimum absolute atomic E-state index is 0.284. The van der Waals surface area contributed by atoms with Crippen LogP contribution < -0.4 is 4.74 Å². The molecule has 0 spiro atoms. The maximum atomic E-state index is 11.2. The van der Waals surface area contributed by atoms with Crippen molar-refractivity contribution in [2.45, 2.75) is 13.8 Å². The van der Waals surface area contributed by atoms with Crippen molar-refractivity contribution in [3.05, 3.63) is 29.1 Å². The average molecular weight is 250 g/mol. The van der Waals surface area contributed by atoms with Crippen molar-refractivity contribution >= 4 is 27.4 Å². The third-order valence-corrected chi connectivity index (χ3v) is 3.45. The smallest absolute Gasteiger partial charge is 0.349 e. The first-order valence-corrected chi connectivity index (χ1v) is 6.29. The molecule has 1 N–H and O–H groups in total. The van der Waals surface area contributed by atoms with Crippen LogP contribution in [0.4, 0.5) is 0 Å². The Bertz CT molecular complexity index is 543. The van der Waals surface area contributed by atoms with Crippen LogP contribution in [0.15, 0.2) is 24.3 Å². The van der Waals surface area contributed by atoms with Gasteiger partial charge in [-0.2, -0.15) is 0 Å². The number of rotatable bonds is 4. The van der Waals surface area contributed by atoms with Crippen LogP contribution in [0.1, 0.15) is 23.5 Å². The van der Waals surface area contributed by atoms with Crippen molar-refractivity contribution in [3.63, 3.8) is 0 Å². The molecule has 0 radical (unpaired) electrons. The predicted molar refractivity (Wildman–Crippen MR) is 69.1 cm³/mol. The number of ether oxygens (including phenoxy) is 1. The van der Waals surface area contributed by atoms with E-state index in [9.17, 15) is 4.79 Å². The number of carbonyl (C=O) groups is 1. The largest absolute Gasteiger partial charge is 0.491 e. The standard InChI is InChI=1S/C13H14O3S/c1-8(2)7-16-11-9-5-3-4-6-10(9)17-12(11)13(14)15/h3-6,8H,7H2,1-2H3,(H,14,15). The third-order valence-electron chi connectivity index (χ3n) is 2.31. The Morgan fingerprint density at radius 2 is 2.12 bits per heavy atom. The van der Waals surface area contributed by atoms with Crippen LogP contribution in [0.25, 0.3) is 10.1 Å². The zero-order valence-corrected chi connectivity index (χ0v) is 10.6. The van der Waals surface area contributed by atoms with Crippen molar-refractivity contribution < 1.29 is 14.6 Å². The van der Waals surface area contributed by atoms with Crippen molar-refractivity contribution in [2.75, 3.05) is 6.61 Å². The van der Waals surface area contributed by atoms with Crippen molar-refractivity contribution in [1.82, 2.24) is 0 Å². The number of benzene rings is 1. The van der Waals surface area contributed by atoms with E-state index in [-0.39, 0.29) is 4.88 Å². The Labute approximate surface area is 104 Å². The first-order valence-electron chi connectivity index (χ1n) is 5.47. The van der Waals surface area contributed by atoms with Crippen molar-refractivity contribution in [3.8, 4) is 5.75 Å². The summed E-state index contributed by atoms with van der Waals surface area (Å²) in [6, 6.07) is 7.60. The molecule has 0 fully saturated rings. The van der Waals surface area contributed by atoms with E-state index in [0.717, 1.165) is 10.1 Å². The normalized spacial score (nSPS) is 11.0. The van der Waals surface area contributed by atoms with Crippen LogP contribution >= 0.6 is 11.3 Å². The lowest BCUT2D eigenvalue weighted by Crippen LogP contribution is -2.06. The van der Waals surface area contributed by atoms with Crippen LogP contribution in [0.5, 0.6) is 5.75 Å². The second-order valence-electron chi connectivity index (χ2n) is 4.27. The molecule has 0 atom stereocenters. The third kappa shape index (κ3) is 2.42. The Morgan fingerprint density at radius 1 is 1.41 bits per heavy atom. The van der Waals surface area contributed by atoms with Gasteiger partial charge < -0.3 is 9.84 Å².